The van der Waals surface area contributed by atoms with Gasteiger partial charge in [-0.15, -0.1) is 21.5 Å². The number of hydrogen-bond donors (Lipinski definition) is 0. The van der Waals surface area contributed by atoms with Crippen LogP contribution in [0.3, 0.4) is 0 Å². The smallest absolute Gasteiger partial charge is 0.140 e. The topological polar surface area (TPSA) is 56.5 Å². The highest BCUT2D eigenvalue weighted by molar-refractivity contribution is 7.11. The van der Waals surface area contributed by atoms with Gasteiger partial charge in [-0.25, -0.2) is 4.98 Å². The average Bonchev–Trinajstić information content (AvgIpc) is 3.21. The first kappa shape index (κ1) is 14.0. The first-order valence-corrected chi connectivity index (χ1v) is 8.26. The summed E-state index contributed by atoms with van der Waals surface area (Å²) in [5, 5.41) is 12.6. The van der Waals surface area contributed by atoms with Crippen LogP contribution in [0.2, 0.25) is 0 Å². The maximum Gasteiger partial charge on any atom is 0.140 e. The van der Waals surface area contributed by atoms with E-state index in [9.17, 15) is 0 Å². The Labute approximate surface area is 137 Å². The molecule has 0 aliphatic rings. The zero-order valence-electron chi connectivity index (χ0n) is 12.7. The van der Waals surface area contributed by atoms with Crippen molar-refractivity contribution < 1.29 is 0 Å². The van der Waals surface area contributed by atoms with Crippen molar-refractivity contribution in [2.24, 2.45) is 0 Å². The van der Waals surface area contributed by atoms with Gasteiger partial charge in [-0.2, -0.15) is 0 Å². The summed E-state index contributed by atoms with van der Waals surface area (Å²) in [6.45, 7) is 2.82. The minimum Gasteiger partial charge on any atom is -0.331 e. The number of hydrogen-bond acceptors (Lipinski definition) is 5. The fourth-order valence-electron chi connectivity index (χ4n) is 2.71. The van der Waals surface area contributed by atoms with E-state index in [1.54, 1.807) is 11.3 Å². The zero-order chi connectivity index (χ0) is 15.6. The lowest BCUT2D eigenvalue weighted by molar-refractivity contribution is 0.695. The van der Waals surface area contributed by atoms with Crippen LogP contribution in [0, 0.1) is 6.92 Å². The molecule has 0 fully saturated rings. The number of aromatic nitrogens is 5. The summed E-state index contributed by atoms with van der Waals surface area (Å²) in [4.78, 5) is 8.76. The lowest BCUT2D eigenvalue weighted by Gasteiger charge is -2.09. The summed E-state index contributed by atoms with van der Waals surface area (Å²) < 4.78 is 2.17. The van der Waals surface area contributed by atoms with Crippen molar-refractivity contribution in [2.75, 3.05) is 0 Å². The van der Waals surface area contributed by atoms with Gasteiger partial charge in [0.1, 0.15) is 15.8 Å². The fraction of sp³-hybridized carbons (Fsp3) is 0.176. The third-order valence-electron chi connectivity index (χ3n) is 3.77. The van der Waals surface area contributed by atoms with Gasteiger partial charge in [0.05, 0.1) is 0 Å². The maximum atomic E-state index is 4.56. The molecule has 0 spiro atoms. The van der Waals surface area contributed by atoms with Gasteiger partial charge in [-0.05, 0) is 18.4 Å². The van der Waals surface area contributed by atoms with Gasteiger partial charge in [0, 0.05) is 48.7 Å². The van der Waals surface area contributed by atoms with E-state index in [2.05, 4.69) is 36.9 Å². The van der Waals surface area contributed by atoms with E-state index in [0.717, 1.165) is 39.8 Å². The maximum absolute atomic E-state index is 4.56. The molecular formula is C17H15N5S. The largest absolute Gasteiger partial charge is 0.331 e. The van der Waals surface area contributed by atoms with Gasteiger partial charge in [-0.3, -0.25) is 4.98 Å². The molecule has 0 N–H and O–H groups in total. The van der Waals surface area contributed by atoms with Crippen LogP contribution in [0.1, 0.15) is 10.0 Å². The van der Waals surface area contributed by atoms with E-state index in [0.29, 0.717) is 0 Å². The molecule has 0 aliphatic heterocycles. The zero-order valence-corrected chi connectivity index (χ0v) is 13.5. The summed E-state index contributed by atoms with van der Waals surface area (Å²) in [6.07, 6.45) is 8.43. The molecule has 0 bridgehead atoms. The Morgan fingerprint density at radius 1 is 1.13 bits per heavy atom. The third-order valence-corrected chi connectivity index (χ3v) is 4.67. The average molecular weight is 321 g/mol. The second-order valence-corrected chi connectivity index (χ2v) is 6.58. The molecule has 0 aliphatic carbocycles. The Bertz CT molecular complexity index is 951. The van der Waals surface area contributed by atoms with Crippen LogP contribution in [-0.2, 0) is 13.0 Å². The van der Waals surface area contributed by atoms with Crippen LogP contribution in [0.4, 0.5) is 0 Å². The molecule has 3 aromatic heterocycles. The normalized spacial score (nSPS) is 11.2. The fourth-order valence-corrected chi connectivity index (χ4v) is 3.40. The number of nitrogens with zero attached hydrogens (tertiary/aromatic N) is 5. The first-order valence-electron chi connectivity index (χ1n) is 7.44. The Morgan fingerprint density at radius 3 is 2.96 bits per heavy atom. The van der Waals surface area contributed by atoms with Crippen LogP contribution in [0.5, 0.6) is 0 Å². The highest BCUT2D eigenvalue weighted by Crippen LogP contribution is 2.27. The minimum atomic E-state index is 0.839. The second-order valence-electron chi connectivity index (χ2n) is 5.31. The van der Waals surface area contributed by atoms with Crippen LogP contribution in [-0.4, -0.2) is 24.7 Å². The Kier molecular flexibility index (Phi) is 3.59. The molecule has 23 heavy (non-hydrogen) atoms. The SMILES string of the molecule is Cc1nnc(CCn2ccnc2-c2cccc3cnccc23)s1. The van der Waals surface area contributed by atoms with Gasteiger partial charge in [0.2, 0.25) is 0 Å². The molecule has 0 amide bonds. The third kappa shape index (κ3) is 2.73. The van der Waals surface area contributed by atoms with Gasteiger partial charge in [-0.1, -0.05) is 18.2 Å². The predicted molar refractivity (Wildman–Crippen MR) is 91.3 cm³/mol. The summed E-state index contributed by atoms with van der Waals surface area (Å²) in [5.74, 6) is 0.975. The molecule has 0 atom stereocenters. The molecule has 6 heteroatoms. The lowest BCUT2D eigenvalue weighted by Crippen LogP contribution is -2.02. The van der Waals surface area contributed by atoms with Gasteiger partial charge in [0.25, 0.3) is 0 Å². The van der Waals surface area contributed by atoms with Crippen molar-refractivity contribution in [3.05, 3.63) is 59.1 Å². The summed E-state index contributed by atoms with van der Waals surface area (Å²) in [5.41, 5.74) is 1.13. The number of rotatable bonds is 4. The van der Waals surface area contributed by atoms with Gasteiger partial charge >= 0.3 is 0 Å². The lowest BCUT2D eigenvalue weighted by atomic mass is 10.1. The second kappa shape index (κ2) is 5.89. The molecule has 5 nitrogen and oxygen atoms in total. The Hall–Kier alpha value is -2.60. The van der Waals surface area contributed by atoms with Crippen molar-refractivity contribution in [2.45, 2.75) is 19.9 Å². The van der Waals surface area contributed by atoms with Crippen molar-refractivity contribution in [3.8, 4) is 11.4 Å². The van der Waals surface area contributed by atoms with Crippen LogP contribution >= 0.6 is 11.3 Å². The standard InChI is InChI=1S/C17H15N5S/c1-12-20-21-16(23-12)6-9-22-10-8-19-17(22)15-4-2-3-13-11-18-7-5-14(13)15/h2-5,7-8,10-11H,6,9H2,1H3. The molecule has 1 aromatic carbocycles. The minimum absolute atomic E-state index is 0.839. The molecule has 4 aromatic rings. The molecule has 0 saturated heterocycles. The van der Waals surface area contributed by atoms with E-state index in [1.807, 2.05) is 43.8 Å². The molecular weight excluding hydrogens is 306 g/mol. The van der Waals surface area contributed by atoms with Crippen LogP contribution in [0.25, 0.3) is 22.2 Å². The van der Waals surface area contributed by atoms with Crippen molar-refractivity contribution >= 4 is 22.1 Å². The molecule has 114 valence electrons. The number of aryl methyl sites for hydroxylation is 3. The van der Waals surface area contributed by atoms with E-state index < -0.39 is 0 Å². The summed E-state index contributed by atoms with van der Waals surface area (Å²) in [6, 6.07) is 8.27. The highest BCUT2D eigenvalue weighted by atomic mass is 32.1. The monoisotopic (exact) mass is 321 g/mol. The quantitative estimate of drug-likeness (QED) is 0.577. The number of fused-ring (bicyclic) bond motifs is 1. The van der Waals surface area contributed by atoms with Crippen molar-refractivity contribution in [1.29, 1.82) is 0 Å². The van der Waals surface area contributed by atoms with Gasteiger partial charge < -0.3 is 4.57 Å². The van der Waals surface area contributed by atoms with E-state index in [1.165, 1.54) is 5.39 Å². The van der Waals surface area contributed by atoms with E-state index in [4.69, 9.17) is 0 Å². The molecule has 0 saturated carbocycles. The molecule has 0 unspecified atom stereocenters. The van der Waals surface area contributed by atoms with Gasteiger partial charge in [0.15, 0.2) is 0 Å². The number of benzene rings is 1. The number of pyridine rings is 1. The molecule has 4 rings (SSSR count). The van der Waals surface area contributed by atoms with Crippen LogP contribution in [0.15, 0.2) is 49.1 Å². The summed E-state index contributed by atoms with van der Waals surface area (Å²) in [7, 11) is 0. The predicted octanol–water partition coefficient (Wildman–Crippen LogP) is 3.50. The van der Waals surface area contributed by atoms with Crippen molar-refractivity contribution in [3.63, 3.8) is 0 Å². The molecule has 3 heterocycles. The van der Waals surface area contributed by atoms with Crippen LogP contribution < -0.4 is 0 Å². The first-order chi connectivity index (χ1) is 11.3. The highest BCUT2D eigenvalue weighted by Gasteiger charge is 2.10. The van der Waals surface area contributed by atoms with Crippen molar-refractivity contribution in [1.82, 2.24) is 24.7 Å². The molecule has 0 radical (unpaired) electrons. The van der Waals surface area contributed by atoms with E-state index in [-0.39, 0.29) is 0 Å². The van der Waals surface area contributed by atoms with E-state index >= 15 is 0 Å². The summed E-state index contributed by atoms with van der Waals surface area (Å²) >= 11 is 1.65. The number of imidazole rings is 1. The Morgan fingerprint density at radius 2 is 2.09 bits per heavy atom. The Balaban J connectivity index is 1.68.